The van der Waals surface area contributed by atoms with Gasteiger partial charge in [-0.25, -0.2) is 0 Å². The van der Waals surface area contributed by atoms with E-state index >= 15 is 0 Å². The molecule has 0 bridgehead atoms. The SMILES string of the molecule is O=C1c2cccc3c(N4CCN(C(=S)SCc5ccccc5)CC4)c([N+](=O)[O-])cc(c23)C(=O)N1CCc1ccc2c(c1)OCO2. The van der Waals surface area contributed by atoms with Crippen LogP contribution < -0.4 is 14.4 Å². The van der Waals surface area contributed by atoms with Gasteiger partial charge in [0, 0.05) is 60.9 Å². The van der Waals surface area contributed by atoms with Crippen molar-refractivity contribution in [3.63, 3.8) is 0 Å². The Kier molecular flexibility index (Phi) is 7.76. The standard InChI is InChI=1S/C33H28N4O6S2/c38-31-24-8-4-7-23-29(24)25(32(39)36(31)12-11-21-9-10-27-28(17-21)43-20-42-27)18-26(37(40)41)30(23)34-13-15-35(16-14-34)33(44)45-19-22-5-2-1-3-6-22/h1-10,17-18H,11-16,19-20H2. The van der Waals surface area contributed by atoms with E-state index in [1.54, 1.807) is 36.0 Å². The molecule has 0 aliphatic carbocycles. The number of benzene rings is 4. The first-order valence-electron chi connectivity index (χ1n) is 14.6. The van der Waals surface area contributed by atoms with Crippen molar-refractivity contribution in [2.45, 2.75) is 12.2 Å². The molecule has 10 nitrogen and oxygen atoms in total. The lowest BCUT2D eigenvalue weighted by Crippen LogP contribution is -2.48. The molecule has 0 spiro atoms. The summed E-state index contributed by atoms with van der Waals surface area (Å²) in [5, 5.41) is 13.5. The monoisotopic (exact) mass is 640 g/mol. The number of anilines is 1. The fourth-order valence-electron chi connectivity index (χ4n) is 6.12. The zero-order valence-corrected chi connectivity index (χ0v) is 25.8. The Labute approximate surface area is 268 Å². The third-order valence-corrected chi connectivity index (χ3v) is 9.98. The Balaban J connectivity index is 1.13. The molecule has 45 heavy (non-hydrogen) atoms. The van der Waals surface area contributed by atoms with Crippen LogP contribution in [0, 0.1) is 10.1 Å². The molecule has 228 valence electrons. The molecule has 3 heterocycles. The molecule has 0 aromatic heterocycles. The number of carbonyl (C=O) groups is 2. The van der Waals surface area contributed by atoms with Crippen molar-refractivity contribution in [3.8, 4) is 11.5 Å². The quantitative estimate of drug-likeness (QED) is 0.109. The molecule has 0 unspecified atom stereocenters. The average Bonchev–Trinajstić information content (AvgIpc) is 3.54. The second-order valence-electron chi connectivity index (χ2n) is 11.0. The highest BCUT2D eigenvalue weighted by Gasteiger charge is 2.37. The Bertz CT molecular complexity index is 1860. The highest BCUT2D eigenvalue weighted by molar-refractivity contribution is 8.22. The highest BCUT2D eigenvalue weighted by Crippen LogP contribution is 2.43. The molecule has 7 rings (SSSR count). The third-order valence-electron chi connectivity index (χ3n) is 8.38. The molecule has 1 saturated heterocycles. The smallest absolute Gasteiger partial charge is 0.293 e. The zero-order chi connectivity index (χ0) is 31.1. The number of nitro benzene ring substituents is 1. The maximum absolute atomic E-state index is 13.8. The number of fused-ring (bicyclic) bond motifs is 1. The number of hydrogen-bond acceptors (Lipinski definition) is 9. The van der Waals surface area contributed by atoms with Crippen LogP contribution in [0.2, 0.25) is 0 Å². The van der Waals surface area contributed by atoms with Crippen LogP contribution in [0.15, 0.2) is 72.8 Å². The van der Waals surface area contributed by atoms with E-state index < -0.39 is 16.7 Å². The fraction of sp³-hybridized carbons (Fsp3) is 0.242. The summed E-state index contributed by atoms with van der Waals surface area (Å²) in [5.74, 6) is 1.10. The first kappa shape index (κ1) is 29.1. The first-order chi connectivity index (χ1) is 21.9. The van der Waals surface area contributed by atoms with Crippen LogP contribution in [0.3, 0.4) is 0 Å². The average molecular weight is 641 g/mol. The van der Waals surface area contributed by atoms with Crippen LogP contribution in [0.25, 0.3) is 10.8 Å². The van der Waals surface area contributed by atoms with Crippen molar-refractivity contribution in [1.82, 2.24) is 9.80 Å². The van der Waals surface area contributed by atoms with Gasteiger partial charge in [0.05, 0.1) is 10.5 Å². The Morgan fingerprint density at radius 1 is 0.867 bits per heavy atom. The van der Waals surface area contributed by atoms with Gasteiger partial charge in [0.15, 0.2) is 11.5 Å². The van der Waals surface area contributed by atoms with Crippen LogP contribution in [-0.2, 0) is 12.2 Å². The normalized spacial score (nSPS) is 15.6. The van der Waals surface area contributed by atoms with Crippen molar-refractivity contribution >= 4 is 62.3 Å². The second kappa shape index (κ2) is 12.0. The van der Waals surface area contributed by atoms with Gasteiger partial charge in [0.1, 0.15) is 10.0 Å². The number of piperazine rings is 1. The van der Waals surface area contributed by atoms with Crippen LogP contribution in [-0.4, -0.2) is 70.4 Å². The number of ether oxygens (including phenoxy) is 2. The maximum Gasteiger partial charge on any atom is 0.293 e. The summed E-state index contributed by atoms with van der Waals surface area (Å²) in [6.45, 7) is 2.50. The molecule has 3 aliphatic rings. The molecule has 0 atom stereocenters. The molecular weight excluding hydrogens is 613 g/mol. The Hall–Kier alpha value is -4.68. The molecule has 4 aromatic carbocycles. The molecule has 0 N–H and O–H groups in total. The van der Waals surface area contributed by atoms with E-state index in [4.69, 9.17) is 21.7 Å². The topological polar surface area (TPSA) is 105 Å². The van der Waals surface area contributed by atoms with E-state index in [0.29, 0.717) is 66.1 Å². The van der Waals surface area contributed by atoms with Gasteiger partial charge in [-0.1, -0.05) is 72.5 Å². The van der Waals surface area contributed by atoms with Crippen molar-refractivity contribution in [1.29, 1.82) is 0 Å². The molecular formula is C33H28N4O6S2. The number of imide groups is 1. The van der Waals surface area contributed by atoms with Gasteiger partial charge in [-0.15, -0.1) is 0 Å². The molecule has 1 fully saturated rings. The highest BCUT2D eigenvalue weighted by atomic mass is 32.2. The predicted octanol–water partition coefficient (Wildman–Crippen LogP) is 5.66. The van der Waals surface area contributed by atoms with Gasteiger partial charge < -0.3 is 19.3 Å². The van der Waals surface area contributed by atoms with Crippen molar-refractivity contribution in [2.75, 3.05) is 44.4 Å². The summed E-state index contributed by atoms with van der Waals surface area (Å²) in [6, 6.07) is 22.2. The van der Waals surface area contributed by atoms with Crippen LogP contribution in [0.1, 0.15) is 31.8 Å². The number of thioether (sulfide) groups is 1. The largest absolute Gasteiger partial charge is 0.454 e. The molecule has 0 saturated carbocycles. The summed E-state index contributed by atoms with van der Waals surface area (Å²) in [7, 11) is 0. The number of amides is 2. The van der Waals surface area contributed by atoms with Crippen molar-refractivity contribution in [3.05, 3.63) is 105 Å². The van der Waals surface area contributed by atoms with Gasteiger partial charge in [0.2, 0.25) is 6.79 Å². The van der Waals surface area contributed by atoms with E-state index in [0.717, 1.165) is 15.6 Å². The summed E-state index contributed by atoms with van der Waals surface area (Å²) in [5.41, 5.74) is 2.88. The summed E-state index contributed by atoms with van der Waals surface area (Å²) in [4.78, 5) is 44.8. The Morgan fingerprint density at radius 2 is 1.62 bits per heavy atom. The van der Waals surface area contributed by atoms with Crippen LogP contribution >= 0.6 is 24.0 Å². The lowest BCUT2D eigenvalue weighted by molar-refractivity contribution is -0.384. The lowest BCUT2D eigenvalue weighted by atomic mass is 9.91. The number of nitro groups is 1. The fourth-order valence-corrected chi connectivity index (χ4v) is 7.33. The zero-order valence-electron chi connectivity index (χ0n) is 24.1. The molecule has 2 amide bonds. The van der Waals surface area contributed by atoms with Gasteiger partial charge in [-0.3, -0.25) is 24.6 Å². The van der Waals surface area contributed by atoms with Gasteiger partial charge in [-0.05, 0) is 35.7 Å². The Morgan fingerprint density at radius 3 is 2.40 bits per heavy atom. The van der Waals surface area contributed by atoms with Gasteiger partial charge in [0.25, 0.3) is 17.5 Å². The van der Waals surface area contributed by atoms with Crippen molar-refractivity contribution < 1.29 is 24.0 Å². The second-order valence-corrected chi connectivity index (χ2v) is 12.6. The minimum Gasteiger partial charge on any atom is -0.454 e. The molecule has 3 aliphatic heterocycles. The molecule has 12 heteroatoms. The van der Waals surface area contributed by atoms with Crippen molar-refractivity contribution in [2.24, 2.45) is 0 Å². The summed E-state index contributed by atoms with van der Waals surface area (Å²) >= 11 is 7.32. The predicted molar refractivity (Wildman–Crippen MR) is 176 cm³/mol. The maximum atomic E-state index is 13.8. The number of nitrogens with zero attached hydrogens (tertiary/aromatic N) is 4. The van der Waals surface area contributed by atoms with Gasteiger partial charge in [-0.2, -0.15) is 0 Å². The number of thiocarbonyl (C=S) groups is 1. The number of carbonyl (C=O) groups excluding carboxylic acids is 2. The minimum absolute atomic E-state index is 0.118. The summed E-state index contributed by atoms with van der Waals surface area (Å²) < 4.78 is 11.6. The number of hydrogen-bond donors (Lipinski definition) is 0. The van der Waals surface area contributed by atoms with E-state index in [2.05, 4.69) is 17.0 Å². The first-order valence-corrected chi connectivity index (χ1v) is 16.0. The van der Waals surface area contributed by atoms with E-state index in [9.17, 15) is 19.7 Å². The lowest BCUT2D eigenvalue weighted by Gasteiger charge is -2.38. The number of rotatable bonds is 7. The van der Waals surface area contributed by atoms with Crippen LogP contribution in [0.4, 0.5) is 11.4 Å². The van der Waals surface area contributed by atoms with E-state index in [-0.39, 0.29) is 24.6 Å². The van der Waals surface area contributed by atoms with Crippen LogP contribution in [0.5, 0.6) is 11.5 Å². The van der Waals surface area contributed by atoms with Gasteiger partial charge >= 0.3 is 0 Å². The minimum atomic E-state index is -0.537. The third kappa shape index (κ3) is 5.44. The van der Waals surface area contributed by atoms with E-state index in [1.165, 1.54) is 16.5 Å². The molecule has 4 aromatic rings. The molecule has 0 radical (unpaired) electrons. The summed E-state index contributed by atoms with van der Waals surface area (Å²) in [6.07, 6.45) is 0.398. The van der Waals surface area contributed by atoms with E-state index in [1.807, 2.05) is 35.2 Å².